The Morgan fingerprint density at radius 2 is 1.78 bits per heavy atom. The lowest BCUT2D eigenvalue weighted by Gasteiger charge is -2.16. The molecule has 32 heavy (non-hydrogen) atoms. The Labute approximate surface area is 185 Å². The molecule has 0 saturated heterocycles. The third-order valence-corrected chi connectivity index (χ3v) is 5.23. The number of ether oxygens (including phenoxy) is 4. The number of carbonyl (C=O) groups is 4. The Kier molecular flexibility index (Phi) is 8.22. The third kappa shape index (κ3) is 5.19. The number of allylic oxidation sites excluding steroid dienone is 2. The molecule has 0 unspecified atom stereocenters. The average molecular weight is 449 g/mol. The van der Waals surface area contributed by atoms with E-state index in [0.717, 1.165) is 25.4 Å². The van der Waals surface area contributed by atoms with Crippen LogP contribution in [-0.4, -0.2) is 56.3 Å². The van der Waals surface area contributed by atoms with Crippen molar-refractivity contribution in [1.82, 2.24) is 5.32 Å². The van der Waals surface area contributed by atoms with Crippen LogP contribution in [0.1, 0.15) is 46.8 Å². The molecular formula is C22H27NO9. The monoisotopic (exact) mass is 449 g/mol. The van der Waals surface area contributed by atoms with Crippen molar-refractivity contribution in [2.75, 3.05) is 21.3 Å². The maximum Gasteiger partial charge on any atom is 0.342 e. The Hall–Kier alpha value is -3.56. The number of cyclic esters (lactones) is 1. The molecule has 0 atom stereocenters. The fraction of sp³-hybridized carbons (Fsp3) is 0.455. The third-order valence-electron chi connectivity index (χ3n) is 5.23. The van der Waals surface area contributed by atoms with Crippen LogP contribution in [0.2, 0.25) is 0 Å². The largest absolute Gasteiger partial charge is 0.507 e. The van der Waals surface area contributed by atoms with Gasteiger partial charge in [-0.1, -0.05) is 11.6 Å². The minimum Gasteiger partial charge on any atom is -0.507 e. The molecule has 0 bridgehead atoms. The van der Waals surface area contributed by atoms with Crippen molar-refractivity contribution in [2.24, 2.45) is 0 Å². The molecule has 1 aromatic rings. The van der Waals surface area contributed by atoms with E-state index in [9.17, 15) is 24.3 Å². The van der Waals surface area contributed by atoms with Crippen molar-refractivity contribution in [1.29, 1.82) is 0 Å². The number of amides is 1. The van der Waals surface area contributed by atoms with Gasteiger partial charge in [0.25, 0.3) is 0 Å². The maximum atomic E-state index is 12.2. The Morgan fingerprint density at radius 1 is 1.16 bits per heavy atom. The van der Waals surface area contributed by atoms with Crippen molar-refractivity contribution >= 4 is 23.8 Å². The molecule has 1 aliphatic heterocycles. The van der Waals surface area contributed by atoms with Crippen LogP contribution in [0.15, 0.2) is 11.6 Å². The van der Waals surface area contributed by atoms with Crippen molar-refractivity contribution in [3.05, 3.63) is 33.9 Å². The highest BCUT2D eigenvalue weighted by Gasteiger charge is 2.32. The number of fused-ring (bicyclic) bond motifs is 1. The van der Waals surface area contributed by atoms with Crippen LogP contribution in [0, 0.1) is 6.92 Å². The van der Waals surface area contributed by atoms with E-state index in [4.69, 9.17) is 9.47 Å². The molecule has 1 amide bonds. The molecule has 1 aromatic carbocycles. The number of carbonyl (C=O) groups excluding carboxylic acids is 4. The number of phenols is 1. The molecule has 1 aliphatic rings. The molecule has 2 rings (SSSR count). The van der Waals surface area contributed by atoms with Gasteiger partial charge in [0.05, 0.1) is 21.3 Å². The van der Waals surface area contributed by atoms with Gasteiger partial charge in [0.1, 0.15) is 23.7 Å². The molecule has 1 heterocycles. The van der Waals surface area contributed by atoms with Crippen molar-refractivity contribution in [3.8, 4) is 11.5 Å². The van der Waals surface area contributed by atoms with Gasteiger partial charge in [-0.2, -0.15) is 0 Å². The predicted octanol–water partition coefficient (Wildman–Crippen LogP) is 1.48. The van der Waals surface area contributed by atoms with Gasteiger partial charge in [0, 0.05) is 17.5 Å². The number of phenolic OH excluding ortho intramolecular Hbond substituents is 1. The first-order chi connectivity index (χ1) is 15.2. The standard InChI is InChI=1S/C22H27NO9/c1-11(7-9-15(24)23-17(21(27)30-4)22(28)31-5)6-8-13-18(25)16-14(10-32-20(16)26)12(2)19(13)29-3/h6,17,25H,7-10H2,1-5H3,(H,23,24)/b11-6+. The lowest BCUT2D eigenvalue weighted by atomic mass is 9.94. The Balaban J connectivity index is 2.09. The highest BCUT2D eigenvalue weighted by atomic mass is 16.5. The highest BCUT2D eigenvalue weighted by molar-refractivity contribution is 6.02. The van der Waals surface area contributed by atoms with Crippen molar-refractivity contribution in [3.63, 3.8) is 0 Å². The predicted molar refractivity (Wildman–Crippen MR) is 111 cm³/mol. The maximum absolute atomic E-state index is 12.2. The van der Waals surface area contributed by atoms with Gasteiger partial charge in [0.2, 0.25) is 11.9 Å². The first-order valence-electron chi connectivity index (χ1n) is 9.85. The van der Waals surface area contributed by atoms with Gasteiger partial charge in [-0.3, -0.25) is 4.79 Å². The summed E-state index contributed by atoms with van der Waals surface area (Å²) in [7, 11) is 3.68. The Bertz CT molecular complexity index is 949. The van der Waals surface area contributed by atoms with E-state index in [-0.39, 0.29) is 30.8 Å². The second kappa shape index (κ2) is 10.7. The topological polar surface area (TPSA) is 137 Å². The quantitative estimate of drug-likeness (QED) is 0.248. The zero-order valence-corrected chi connectivity index (χ0v) is 18.7. The van der Waals surface area contributed by atoms with Gasteiger partial charge in [-0.25, -0.2) is 14.4 Å². The van der Waals surface area contributed by atoms with Crippen LogP contribution >= 0.6 is 0 Å². The van der Waals surface area contributed by atoms with Crippen LogP contribution in [0.4, 0.5) is 0 Å². The summed E-state index contributed by atoms with van der Waals surface area (Å²) in [6.07, 6.45) is 2.40. The van der Waals surface area contributed by atoms with E-state index in [2.05, 4.69) is 14.8 Å². The number of nitrogens with one attached hydrogen (secondary N) is 1. The summed E-state index contributed by atoms with van der Waals surface area (Å²) in [5.74, 6) is -2.66. The smallest absolute Gasteiger partial charge is 0.342 e. The lowest BCUT2D eigenvalue weighted by Crippen LogP contribution is -2.47. The molecule has 0 aromatic heterocycles. The zero-order chi connectivity index (χ0) is 24.0. The number of hydrogen-bond acceptors (Lipinski definition) is 9. The summed E-state index contributed by atoms with van der Waals surface area (Å²) in [5.41, 5.74) is 2.75. The van der Waals surface area contributed by atoms with E-state index in [1.54, 1.807) is 19.9 Å². The van der Waals surface area contributed by atoms with Gasteiger partial charge in [0.15, 0.2) is 0 Å². The molecule has 2 N–H and O–H groups in total. The minimum absolute atomic E-state index is 0.00544. The molecule has 0 radical (unpaired) electrons. The first-order valence-corrected chi connectivity index (χ1v) is 9.85. The molecule has 0 fully saturated rings. The summed E-state index contributed by atoms with van der Waals surface area (Å²) < 4.78 is 19.5. The van der Waals surface area contributed by atoms with E-state index in [1.807, 2.05) is 0 Å². The van der Waals surface area contributed by atoms with E-state index < -0.39 is 29.9 Å². The van der Waals surface area contributed by atoms with Crippen LogP contribution in [-0.2, 0) is 41.6 Å². The van der Waals surface area contributed by atoms with Crippen molar-refractivity contribution < 1.29 is 43.2 Å². The van der Waals surface area contributed by atoms with Crippen LogP contribution in [0.5, 0.6) is 11.5 Å². The molecule has 0 spiro atoms. The number of esters is 3. The van der Waals surface area contributed by atoms with Gasteiger partial charge in [-0.05, 0) is 32.3 Å². The van der Waals surface area contributed by atoms with Gasteiger partial charge in [-0.15, -0.1) is 0 Å². The fourth-order valence-electron chi connectivity index (χ4n) is 3.40. The van der Waals surface area contributed by atoms with Gasteiger partial charge >= 0.3 is 17.9 Å². The van der Waals surface area contributed by atoms with E-state index in [0.29, 0.717) is 23.3 Å². The van der Waals surface area contributed by atoms with Crippen molar-refractivity contribution in [2.45, 2.75) is 45.8 Å². The lowest BCUT2D eigenvalue weighted by molar-refractivity contribution is -0.157. The average Bonchev–Trinajstić information content (AvgIpc) is 3.18. The number of benzene rings is 1. The summed E-state index contributed by atoms with van der Waals surface area (Å²) in [6, 6.07) is -1.53. The van der Waals surface area contributed by atoms with Crippen LogP contribution in [0.3, 0.4) is 0 Å². The molecule has 10 heteroatoms. The number of hydrogen-bond donors (Lipinski definition) is 2. The fourth-order valence-corrected chi connectivity index (χ4v) is 3.40. The minimum atomic E-state index is -1.53. The number of aromatic hydroxyl groups is 1. The zero-order valence-electron chi connectivity index (χ0n) is 18.7. The second-order valence-corrected chi connectivity index (χ2v) is 7.22. The Morgan fingerprint density at radius 3 is 2.34 bits per heavy atom. The molecule has 174 valence electrons. The molecule has 10 nitrogen and oxygen atoms in total. The summed E-state index contributed by atoms with van der Waals surface area (Å²) in [6.45, 7) is 3.68. The van der Waals surface area contributed by atoms with E-state index in [1.165, 1.54) is 7.11 Å². The molecule has 0 saturated carbocycles. The number of methoxy groups -OCH3 is 3. The van der Waals surface area contributed by atoms with E-state index >= 15 is 0 Å². The molecular weight excluding hydrogens is 422 g/mol. The first kappa shape index (κ1) is 24.7. The second-order valence-electron chi connectivity index (χ2n) is 7.22. The number of rotatable bonds is 9. The summed E-state index contributed by atoms with van der Waals surface area (Å²) >= 11 is 0. The van der Waals surface area contributed by atoms with Crippen LogP contribution < -0.4 is 10.1 Å². The van der Waals surface area contributed by atoms with Gasteiger partial charge < -0.3 is 29.4 Å². The van der Waals surface area contributed by atoms with Crippen LogP contribution in [0.25, 0.3) is 0 Å². The summed E-state index contributed by atoms with van der Waals surface area (Å²) in [4.78, 5) is 47.5. The summed E-state index contributed by atoms with van der Waals surface area (Å²) in [5, 5.41) is 12.9. The SMILES string of the molecule is COC(=O)C(NC(=O)CC/C(C)=C/Cc1c(O)c2c(c(C)c1OC)COC2=O)C(=O)OC. The normalized spacial score (nSPS) is 12.8. The highest BCUT2D eigenvalue weighted by Crippen LogP contribution is 2.42. The molecule has 0 aliphatic carbocycles.